The number of carboxylic acid groups (broad SMARTS) is 1. The van der Waals surface area contributed by atoms with Gasteiger partial charge in [-0.25, -0.2) is 4.79 Å². The summed E-state index contributed by atoms with van der Waals surface area (Å²) in [5.41, 5.74) is -1.11. The molecule has 1 aromatic carbocycles. The highest BCUT2D eigenvalue weighted by molar-refractivity contribution is 6.33. The highest BCUT2D eigenvalue weighted by atomic mass is 35.5. The minimum absolute atomic E-state index is 0.708. The third kappa shape index (κ3) is 2.79. The molecule has 1 rings (SSSR count). The Kier molecular flexibility index (Phi) is 3.82. The van der Waals surface area contributed by atoms with Gasteiger partial charge in [-0.3, -0.25) is 0 Å². The van der Waals surface area contributed by atoms with E-state index in [0.29, 0.717) is 0 Å². The lowest BCUT2D eigenvalue weighted by molar-refractivity contribution is -0.166. The van der Waals surface area contributed by atoms with Crippen LogP contribution in [0.4, 0.5) is 17.6 Å². The highest BCUT2D eigenvalue weighted by Gasteiger charge is 2.43. The van der Waals surface area contributed by atoms with Crippen molar-refractivity contribution in [3.63, 3.8) is 0 Å². The van der Waals surface area contributed by atoms with Crippen LogP contribution in [0.1, 0.15) is 5.56 Å². The van der Waals surface area contributed by atoms with E-state index in [2.05, 4.69) is 4.74 Å². The van der Waals surface area contributed by atoms with Crippen LogP contribution in [-0.2, 0) is 10.7 Å². The second kappa shape index (κ2) is 4.79. The van der Waals surface area contributed by atoms with Gasteiger partial charge in [0.2, 0.25) is 0 Å². The zero-order chi connectivity index (χ0) is 13.2. The Hall–Kier alpha value is -1.50. The average Bonchev–Trinajstić information content (AvgIpc) is 2.20. The molecule has 0 aliphatic carbocycles. The molecule has 1 aromatic rings. The van der Waals surface area contributed by atoms with Crippen LogP contribution < -0.4 is 4.74 Å². The number of aliphatic carboxylic acids is 1. The lowest BCUT2D eigenvalue weighted by Gasteiger charge is -2.15. The fourth-order valence-corrected chi connectivity index (χ4v) is 1.34. The number of hydrogen-bond donors (Lipinski definition) is 1. The van der Waals surface area contributed by atoms with Gasteiger partial charge in [0, 0.05) is 0 Å². The summed E-state index contributed by atoms with van der Waals surface area (Å²) in [6.45, 7) is -3.25. The summed E-state index contributed by atoms with van der Waals surface area (Å²) in [6, 6.07) is 2.58. The van der Waals surface area contributed by atoms with Gasteiger partial charge in [-0.15, -0.1) is 0 Å². The molecule has 0 atom stereocenters. The number of halogens is 5. The van der Waals surface area contributed by atoms with E-state index in [-0.39, 0.29) is 0 Å². The van der Waals surface area contributed by atoms with Gasteiger partial charge in [0.1, 0.15) is 5.75 Å². The van der Waals surface area contributed by atoms with Gasteiger partial charge in [0.05, 0.1) is 10.6 Å². The van der Waals surface area contributed by atoms with Crippen molar-refractivity contribution in [2.75, 3.05) is 0 Å². The first-order valence-corrected chi connectivity index (χ1v) is 4.49. The smallest absolute Gasteiger partial charge is 0.387 e. The SMILES string of the molecule is O=C(O)C(F)(F)c1cccc(OC(F)F)c1Cl. The number of carbonyl (C=O) groups is 1. The molecule has 8 heteroatoms. The maximum atomic E-state index is 13.1. The first kappa shape index (κ1) is 13.6. The summed E-state index contributed by atoms with van der Waals surface area (Å²) in [6.07, 6.45) is 0. The molecule has 0 aliphatic heterocycles. The zero-order valence-corrected chi connectivity index (χ0v) is 8.72. The summed E-state index contributed by atoms with van der Waals surface area (Å²) in [4.78, 5) is 10.3. The molecule has 0 saturated carbocycles. The van der Waals surface area contributed by atoms with E-state index in [1.807, 2.05) is 0 Å². The predicted molar refractivity (Wildman–Crippen MR) is 49.6 cm³/mol. The molecule has 0 radical (unpaired) electrons. The molecule has 0 amide bonds. The number of rotatable bonds is 4. The second-order valence-corrected chi connectivity index (χ2v) is 3.25. The van der Waals surface area contributed by atoms with Crippen LogP contribution in [0.15, 0.2) is 18.2 Å². The molecule has 0 aromatic heterocycles. The molecule has 0 saturated heterocycles. The topological polar surface area (TPSA) is 46.5 Å². The standard InChI is InChI=1S/C9H5ClF4O3/c10-6-4(9(13,14)7(15)16)2-1-3-5(6)17-8(11)12/h1-3,8H,(H,15,16). The largest absolute Gasteiger partial charge is 0.477 e. The summed E-state index contributed by atoms with van der Waals surface area (Å²) in [5, 5.41) is 7.43. The minimum atomic E-state index is -4.28. The highest BCUT2D eigenvalue weighted by Crippen LogP contribution is 2.38. The van der Waals surface area contributed by atoms with E-state index in [9.17, 15) is 22.4 Å². The molecule has 3 nitrogen and oxygen atoms in total. The van der Waals surface area contributed by atoms with Crippen molar-refractivity contribution in [3.8, 4) is 5.75 Å². The maximum Gasteiger partial charge on any atom is 0.387 e. The number of alkyl halides is 4. The van der Waals surface area contributed by atoms with E-state index in [1.165, 1.54) is 0 Å². The van der Waals surface area contributed by atoms with Crippen molar-refractivity contribution in [1.82, 2.24) is 0 Å². The predicted octanol–water partition coefficient (Wildman–Crippen LogP) is 3.12. The molecule has 0 bridgehead atoms. The number of carboxylic acids is 1. The number of hydrogen-bond acceptors (Lipinski definition) is 2. The number of ether oxygens (including phenoxy) is 1. The summed E-state index contributed by atoms with van der Waals surface area (Å²) >= 11 is 5.38. The Morgan fingerprint density at radius 1 is 1.41 bits per heavy atom. The van der Waals surface area contributed by atoms with Crippen molar-refractivity contribution < 1.29 is 32.2 Å². The Balaban J connectivity index is 3.23. The van der Waals surface area contributed by atoms with Crippen LogP contribution >= 0.6 is 11.6 Å². The van der Waals surface area contributed by atoms with Gasteiger partial charge in [-0.2, -0.15) is 17.6 Å². The third-order valence-electron chi connectivity index (χ3n) is 1.79. The maximum absolute atomic E-state index is 13.1. The Morgan fingerprint density at radius 2 is 2.00 bits per heavy atom. The molecule has 1 N–H and O–H groups in total. The lowest BCUT2D eigenvalue weighted by Crippen LogP contribution is -2.25. The average molecular weight is 273 g/mol. The van der Waals surface area contributed by atoms with Crippen LogP contribution in [0, 0.1) is 0 Å². The molecular formula is C9H5ClF4O3. The van der Waals surface area contributed by atoms with Crippen LogP contribution in [-0.4, -0.2) is 17.7 Å². The van der Waals surface area contributed by atoms with Gasteiger partial charge >= 0.3 is 18.5 Å². The van der Waals surface area contributed by atoms with Crippen molar-refractivity contribution in [3.05, 3.63) is 28.8 Å². The zero-order valence-electron chi connectivity index (χ0n) is 7.96. The third-order valence-corrected chi connectivity index (χ3v) is 2.18. The van der Waals surface area contributed by atoms with Crippen LogP contribution in [0.2, 0.25) is 5.02 Å². The van der Waals surface area contributed by atoms with Gasteiger partial charge < -0.3 is 9.84 Å². The Labute approximate surface area is 97.6 Å². The normalized spacial score (nSPS) is 11.6. The van der Waals surface area contributed by atoms with Crippen molar-refractivity contribution >= 4 is 17.6 Å². The molecule has 0 unspecified atom stereocenters. The van der Waals surface area contributed by atoms with E-state index >= 15 is 0 Å². The summed E-state index contributed by atoms with van der Waals surface area (Å²) in [5.74, 6) is -7.42. The van der Waals surface area contributed by atoms with Gasteiger partial charge in [0.15, 0.2) is 0 Å². The first-order valence-electron chi connectivity index (χ1n) is 4.11. The van der Waals surface area contributed by atoms with Gasteiger partial charge in [-0.1, -0.05) is 23.7 Å². The summed E-state index contributed by atoms with van der Waals surface area (Å²) < 4.78 is 53.9. The van der Waals surface area contributed by atoms with Crippen molar-refractivity contribution in [2.24, 2.45) is 0 Å². The van der Waals surface area contributed by atoms with Crippen molar-refractivity contribution in [2.45, 2.75) is 12.5 Å². The molecule has 0 heterocycles. The van der Waals surface area contributed by atoms with E-state index in [0.717, 1.165) is 18.2 Å². The number of benzene rings is 1. The Morgan fingerprint density at radius 3 is 2.47 bits per heavy atom. The first-order chi connectivity index (χ1) is 7.76. The van der Waals surface area contributed by atoms with Crippen LogP contribution in [0.5, 0.6) is 5.75 Å². The quantitative estimate of drug-likeness (QED) is 0.857. The monoisotopic (exact) mass is 272 g/mol. The van der Waals surface area contributed by atoms with E-state index < -0.39 is 34.8 Å². The van der Waals surface area contributed by atoms with Gasteiger partial charge in [0.25, 0.3) is 0 Å². The fourth-order valence-electron chi connectivity index (χ4n) is 1.06. The lowest BCUT2D eigenvalue weighted by atomic mass is 10.1. The molecule has 0 fully saturated rings. The molecule has 94 valence electrons. The molecule has 0 spiro atoms. The minimum Gasteiger partial charge on any atom is -0.477 e. The van der Waals surface area contributed by atoms with E-state index in [4.69, 9.17) is 16.7 Å². The second-order valence-electron chi connectivity index (χ2n) is 2.88. The van der Waals surface area contributed by atoms with Crippen LogP contribution in [0.25, 0.3) is 0 Å². The van der Waals surface area contributed by atoms with E-state index in [1.54, 1.807) is 0 Å². The summed E-state index contributed by atoms with van der Waals surface area (Å²) in [7, 11) is 0. The molecular weight excluding hydrogens is 268 g/mol. The van der Waals surface area contributed by atoms with Crippen molar-refractivity contribution in [1.29, 1.82) is 0 Å². The molecule has 0 aliphatic rings. The Bertz CT molecular complexity index is 436. The van der Waals surface area contributed by atoms with Gasteiger partial charge in [-0.05, 0) is 6.07 Å². The fraction of sp³-hybridized carbons (Fsp3) is 0.222. The molecule has 17 heavy (non-hydrogen) atoms. The van der Waals surface area contributed by atoms with Crippen LogP contribution in [0.3, 0.4) is 0 Å².